The summed E-state index contributed by atoms with van der Waals surface area (Å²) in [4.78, 5) is 11.2. The third-order valence-corrected chi connectivity index (χ3v) is 1.31. The number of carbonyl (C=O) groups is 1. The van der Waals surface area contributed by atoms with Crippen molar-refractivity contribution in [2.45, 2.75) is 32.4 Å². The fraction of sp³-hybridized carbons (Fsp3) is 0.889. The molecule has 0 aliphatic rings. The summed E-state index contributed by atoms with van der Waals surface area (Å²) in [6.45, 7) is 5.48. The van der Waals surface area contributed by atoms with Gasteiger partial charge in [-0.05, 0) is 20.8 Å². The van der Waals surface area contributed by atoms with Crippen LogP contribution in [-0.2, 0) is 9.47 Å². The number of methoxy groups -OCH3 is 1. The van der Waals surface area contributed by atoms with Crippen LogP contribution in [0.2, 0.25) is 0 Å². The molecule has 0 bridgehead atoms. The molecule has 14 heavy (non-hydrogen) atoms. The van der Waals surface area contributed by atoms with Gasteiger partial charge in [0.05, 0.1) is 13.2 Å². The Labute approximate surface area is 84.4 Å². The number of carbonyl (C=O) groups excluding carboxylic acids is 1. The van der Waals surface area contributed by atoms with Gasteiger partial charge in [0.2, 0.25) is 0 Å². The standard InChI is InChI=1S/C9H19NO4/c1-9(2,3)10-8(12)14-7(5-11)6-13-4/h7,11H,5-6H2,1-4H3,(H,10,12)/t7-/m0/s1. The van der Waals surface area contributed by atoms with Crippen molar-refractivity contribution in [3.05, 3.63) is 0 Å². The molecule has 0 saturated heterocycles. The molecule has 0 aromatic heterocycles. The zero-order valence-corrected chi connectivity index (χ0v) is 9.16. The third-order valence-electron chi connectivity index (χ3n) is 1.31. The number of hydrogen-bond acceptors (Lipinski definition) is 4. The molecule has 0 unspecified atom stereocenters. The van der Waals surface area contributed by atoms with Crippen LogP contribution in [0.25, 0.3) is 0 Å². The maximum absolute atomic E-state index is 11.2. The van der Waals surface area contributed by atoms with Crippen LogP contribution < -0.4 is 5.32 Å². The van der Waals surface area contributed by atoms with Crippen LogP contribution in [0, 0.1) is 0 Å². The number of alkyl carbamates (subject to hydrolysis) is 1. The molecular formula is C9H19NO4. The largest absolute Gasteiger partial charge is 0.441 e. The first-order valence-corrected chi connectivity index (χ1v) is 4.47. The first-order chi connectivity index (χ1) is 6.39. The van der Waals surface area contributed by atoms with Crippen LogP contribution in [0.5, 0.6) is 0 Å². The van der Waals surface area contributed by atoms with Gasteiger partial charge in [0.25, 0.3) is 0 Å². The van der Waals surface area contributed by atoms with Crippen LogP contribution in [-0.4, -0.2) is 43.2 Å². The molecule has 0 fully saturated rings. The van der Waals surface area contributed by atoms with Crippen LogP contribution in [0.3, 0.4) is 0 Å². The van der Waals surface area contributed by atoms with Crippen LogP contribution in [0.1, 0.15) is 20.8 Å². The molecule has 0 aromatic carbocycles. The Morgan fingerprint density at radius 1 is 1.50 bits per heavy atom. The first-order valence-electron chi connectivity index (χ1n) is 4.47. The summed E-state index contributed by atoms with van der Waals surface area (Å²) in [5, 5.41) is 11.4. The quantitative estimate of drug-likeness (QED) is 0.702. The molecule has 1 atom stereocenters. The summed E-state index contributed by atoms with van der Waals surface area (Å²) >= 11 is 0. The van der Waals surface area contributed by atoms with Gasteiger partial charge in [0.1, 0.15) is 6.10 Å². The van der Waals surface area contributed by atoms with Gasteiger partial charge in [-0.25, -0.2) is 4.79 Å². The Hall–Kier alpha value is -0.810. The molecule has 0 radical (unpaired) electrons. The first kappa shape index (κ1) is 13.2. The number of rotatable bonds is 4. The van der Waals surface area contributed by atoms with Gasteiger partial charge in [-0.15, -0.1) is 0 Å². The lowest BCUT2D eigenvalue weighted by Gasteiger charge is -2.22. The lowest BCUT2D eigenvalue weighted by Crippen LogP contribution is -2.43. The predicted molar refractivity (Wildman–Crippen MR) is 52.1 cm³/mol. The molecule has 0 heterocycles. The summed E-state index contributed by atoms with van der Waals surface area (Å²) in [5.41, 5.74) is -0.343. The molecule has 0 rings (SSSR count). The van der Waals surface area contributed by atoms with Crippen molar-refractivity contribution in [1.82, 2.24) is 5.32 Å². The average Bonchev–Trinajstić information content (AvgIpc) is 2.00. The van der Waals surface area contributed by atoms with Crippen LogP contribution in [0.15, 0.2) is 0 Å². The minimum Gasteiger partial charge on any atom is -0.441 e. The highest BCUT2D eigenvalue weighted by atomic mass is 16.6. The molecular weight excluding hydrogens is 186 g/mol. The number of amides is 1. The normalized spacial score (nSPS) is 13.5. The Bertz CT molecular complexity index is 176. The zero-order valence-electron chi connectivity index (χ0n) is 9.16. The minimum absolute atomic E-state index is 0.189. The smallest absolute Gasteiger partial charge is 0.407 e. The number of nitrogens with one attached hydrogen (secondary N) is 1. The Balaban J connectivity index is 3.91. The number of aliphatic hydroxyl groups excluding tert-OH is 1. The Morgan fingerprint density at radius 3 is 2.43 bits per heavy atom. The van der Waals surface area contributed by atoms with Crippen molar-refractivity contribution in [2.75, 3.05) is 20.3 Å². The second-order valence-electron chi connectivity index (χ2n) is 4.04. The summed E-state index contributed by atoms with van der Waals surface area (Å²) in [6.07, 6.45) is -1.16. The molecule has 0 spiro atoms. The maximum atomic E-state index is 11.2. The maximum Gasteiger partial charge on any atom is 0.407 e. The summed E-state index contributed by atoms with van der Waals surface area (Å²) in [6, 6.07) is 0. The highest BCUT2D eigenvalue weighted by molar-refractivity contribution is 5.68. The van der Waals surface area contributed by atoms with Crippen molar-refractivity contribution >= 4 is 6.09 Å². The fourth-order valence-electron chi connectivity index (χ4n) is 0.797. The summed E-state index contributed by atoms with van der Waals surface area (Å²) in [7, 11) is 1.48. The monoisotopic (exact) mass is 205 g/mol. The number of aliphatic hydroxyl groups is 1. The van der Waals surface area contributed by atoms with Crippen molar-refractivity contribution in [1.29, 1.82) is 0 Å². The molecule has 0 aliphatic heterocycles. The molecule has 0 saturated carbocycles. The zero-order chi connectivity index (χ0) is 11.2. The molecule has 5 heteroatoms. The fourth-order valence-corrected chi connectivity index (χ4v) is 0.797. The van der Waals surface area contributed by atoms with E-state index in [2.05, 4.69) is 5.32 Å². The van der Waals surface area contributed by atoms with E-state index in [0.717, 1.165) is 0 Å². The van der Waals surface area contributed by atoms with Gasteiger partial charge in [-0.3, -0.25) is 0 Å². The van der Waals surface area contributed by atoms with E-state index in [1.54, 1.807) is 0 Å². The van der Waals surface area contributed by atoms with Gasteiger partial charge < -0.3 is 19.9 Å². The molecule has 0 aliphatic carbocycles. The van der Waals surface area contributed by atoms with E-state index in [4.69, 9.17) is 14.6 Å². The van der Waals surface area contributed by atoms with Crippen molar-refractivity contribution in [3.63, 3.8) is 0 Å². The van der Waals surface area contributed by atoms with Crippen molar-refractivity contribution < 1.29 is 19.4 Å². The SMILES string of the molecule is COC[C@H](CO)OC(=O)NC(C)(C)C. The highest BCUT2D eigenvalue weighted by Crippen LogP contribution is 2.01. The van der Waals surface area contributed by atoms with Crippen LogP contribution >= 0.6 is 0 Å². The van der Waals surface area contributed by atoms with E-state index >= 15 is 0 Å². The average molecular weight is 205 g/mol. The van der Waals surface area contributed by atoms with E-state index in [1.165, 1.54) is 7.11 Å². The Kier molecular flexibility index (Phi) is 5.49. The van der Waals surface area contributed by atoms with E-state index in [-0.39, 0.29) is 18.8 Å². The summed E-state index contributed by atoms with van der Waals surface area (Å²) in [5.74, 6) is 0. The lowest BCUT2D eigenvalue weighted by atomic mass is 10.1. The Morgan fingerprint density at radius 2 is 2.07 bits per heavy atom. The number of hydrogen-bond donors (Lipinski definition) is 2. The van der Waals surface area contributed by atoms with E-state index < -0.39 is 12.2 Å². The van der Waals surface area contributed by atoms with Gasteiger partial charge in [0.15, 0.2) is 0 Å². The second-order valence-corrected chi connectivity index (χ2v) is 4.04. The number of ether oxygens (including phenoxy) is 2. The van der Waals surface area contributed by atoms with Gasteiger partial charge in [-0.2, -0.15) is 0 Å². The molecule has 2 N–H and O–H groups in total. The third kappa shape index (κ3) is 6.68. The van der Waals surface area contributed by atoms with Crippen molar-refractivity contribution in [3.8, 4) is 0 Å². The second kappa shape index (κ2) is 5.82. The molecule has 5 nitrogen and oxygen atoms in total. The van der Waals surface area contributed by atoms with Crippen molar-refractivity contribution in [2.24, 2.45) is 0 Å². The van der Waals surface area contributed by atoms with Gasteiger partial charge in [-0.1, -0.05) is 0 Å². The predicted octanol–water partition coefficient (Wildman–Crippen LogP) is 0.518. The molecule has 84 valence electrons. The molecule has 0 aromatic rings. The van der Waals surface area contributed by atoms with Crippen LogP contribution in [0.4, 0.5) is 4.79 Å². The minimum atomic E-state index is -0.609. The topological polar surface area (TPSA) is 67.8 Å². The highest BCUT2D eigenvalue weighted by Gasteiger charge is 2.18. The van der Waals surface area contributed by atoms with E-state index in [9.17, 15) is 4.79 Å². The van der Waals surface area contributed by atoms with E-state index in [1.807, 2.05) is 20.8 Å². The van der Waals surface area contributed by atoms with Gasteiger partial charge in [0, 0.05) is 12.6 Å². The molecule has 1 amide bonds. The van der Waals surface area contributed by atoms with E-state index in [0.29, 0.717) is 0 Å². The van der Waals surface area contributed by atoms with Gasteiger partial charge >= 0.3 is 6.09 Å². The lowest BCUT2D eigenvalue weighted by molar-refractivity contribution is 0.00574. The summed E-state index contributed by atoms with van der Waals surface area (Å²) < 4.78 is 9.65.